The van der Waals surface area contributed by atoms with Crippen LogP contribution in [0.25, 0.3) is 0 Å². The maximum Gasteiger partial charge on any atom is 0.325 e. The van der Waals surface area contributed by atoms with Crippen molar-refractivity contribution >= 4 is 17.7 Å². The van der Waals surface area contributed by atoms with Crippen molar-refractivity contribution in [2.24, 2.45) is 5.92 Å². The van der Waals surface area contributed by atoms with E-state index in [9.17, 15) is 4.79 Å². The van der Waals surface area contributed by atoms with Gasteiger partial charge in [0.15, 0.2) is 0 Å². The third kappa shape index (κ3) is 7.83. The van der Waals surface area contributed by atoms with E-state index < -0.39 is 5.54 Å². The van der Waals surface area contributed by atoms with E-state index in [1.54, 1.807) is 0 Å². The minimum Gasteiger partial charge on any atom is -0.468 e. The molecule has 4 heteroatoms. The predicted octanol–water partition coefficient (Wildman–Crippen LogP) is 3.48. The van der Waals surface area contributed by atoms with E-state index in [4.69, 9.17) is 4.74 Å². The molecule has 0 aromatic carbocycles. The highest BCUT2D eigenvalue weighted by atomic mass is 32.2. The number of rotatable bonds is 11. The largest absolute Gasteiger partial charge is 0.468 e. The summed E-state index contributed by atoms with van der Waals surface area (Å²) in [5.41, 5.74) is -0.526. The Balaban J connectivity index is 4.02. The standard InChI is InChI=1S/C15H31NO2S/c1-6-10-16-15(4,14(17)18-5)9-8-11-19-12-13(3)7-2/h13,16H,6-12H2,1-5H3. The van der Waals surface area contributed by atoms with Crippen LogP contribution < -0.4 is 5.32 Å². The van der Waals surface area contributed by atoms with Crippen molar-refractivity contribution in [3.63, 3.8) is 0 Å². The van der Waals surface area contributed by atoms with Crippen molar-refractivity contribution < 1.29 is 9.53 Å². The Hall–Kier alpha value is -0.220. The zero-order valence-corrected chi connectivity index (χ0v) is 14.1. The average Bonchev–Trinajstić information content (AvgIpc) is 2.43. The molecule has 0 saturated heterocycles. The van der Waals surface area contributed by atoms with Crippen molar-refractivity contribution in [3.05, 3.63) is 0 Å². The van der Waals surface area contributed by atoms with E-state index in [2.05, 4.69) is 26.1 Å². The normalized spacial score (nSPS) is 15.8. The van der Waals surface area contributed by atoms with Crippen molar-refractivity contribution in [2.45, 2.75) is 58.9 Å². The fourth-order valence-electron chi connectivity index (χ4n) is 1.82. The van der Waals surface area contributed by atoms with E-state index in [0.29, 0.717) is 0 Å². The number of carbonyl (C=O) groups is 1. The van der Waals surface area contributed by atoms with Gasteiger partial charge in [-0.2, -0.15) is 11.8 Å². The molecule has 0 aliphatic rings. The summed E-state index contributed by atoms with van der Waals surface area (Å²) >= 11 is 1.99. The fraction of sp³-hybridized carbons (Fsp3) is 0.933. The molecule has 114 valence electrons. The van der Waals surface area contributed by atoms with Gasteiger partial charge in [0.2, 0.25) is 0 Å². The number of methoxy groups -OCH3 is 1. The van der Waals surface area contributed by atoms with Crippen LogP contribution in [-0.2, 0) is 9.53 Å². The maximum absolute atomic E-state index is 11.9. The number of ether oxygens (including phenoxy) is 1. The van der Waals surface area contributed by atoms with E-state index in [0.717, 1.165) is 37.5 Å². The summed E-state index contributed by atoms with van der Waals surface area (Å²) in [5.74, 6) is 2.97. The molecule has 0 amide bonds. The molecule has 0 rings (SSSR count). The first kappa shape index (κ1) is 18.8. The smallest absolute Gasteiger partial charge is 0.325 e. The first-order valence-corrected chi connectivity index (χ1v) is 8.56. The summed E-state index contributed by atoms with van der Waals surface area (Å²) < 4.78 is 4.92. The van der Waals surface area contributed by atoms with Crippen LogP contribution >= 0.6 is 11.8 Å². The lowest BCUT2D eigenvalue weighted by Gasteiger charge is -2.28. The lowest BCUT2D eigenvalue weighted by molar-refractivity contribution is -0.148. The van der Waals surface area contributed by atoms with Gasteiger partial charge in [0.05, 0.1) is 7.11 Å². The summed E-state index contributed by atoms with van der Waals surface area (Å²) in [6.07, 6.45) is 4.15. The second-order valence-electron chi connectivity index (χ2n) is 5.44. The van der Waals surface area contributed by atoms with Crippen molar-refractivity contribution in [3.8, 4) is 0 Å². The molecular weight excluding hydrogens is 258 g/mol. The average molecular weight is 289 g/mol. The highest BCUT2D eigenvalue weighted by molar-refractivity contribution is 7.99. The fourth-order valence-corrected chi connectivity index (χ4v) is 2.97. The molecule has 0 heterocycles. The van der Waals surface area contributed by atoms with Crippen LogP contribution in [0.15, 0.2) is 0 Å². The van der Waals surface area contributed by atoms with Gasteiger partial charge < -0.3 is 10.1 Å². The predicted molar refractivity (Wildman–Crippen MR) is 84.7 cm³/mol. The van der Waals surface area contributed by atoms with E-state index in [1.165, 1.54) is 19.3 Å². The summed E-state index contributed by atoms with van der Waals surface area (Å²) in [6.45, 7) is 9.43. The highest BCUT2D eigenvalue weighted by Crippen LogP contribution is 2.18. The van der Waals surface area contributed by atoms with Gasteiger partial charge in [-0.25, -0.2) is 0 Å². The Bertz CT molecular complexity index is 248. The monoisotopic (exact) mass is 289 g/mol. The van der Waals surface area contributed by atoms with Gasteiger partial charge in [-0.1, -0.05) is 27.2 Å². The number of thioether (sulfide) groups is 1. The van der Waals surface area contributed by atoms with Crippen LogP contribution in [0.4, 0.5) is 0 Å². The minimum atomic E-state index is -0.526. The molecule has 2 unspecified atom stereocenters. The Labute approximate surface area is 123 Å². The zero-order chi connectivity index (χ0) is 14.7. The van der Waals surface area contributed by atoms with Crippen molar-refractivity contribution in [1.29, 1.82) is 0 Å². The molecule has 3 nitrogen and oxygen atoms in total. The Kier molecular flexibility index (Phi) is 10.4. The maximum atomic E-state index is 11.9. The van der Waals surface area contributed by atoms with Gasteiger partial charge in [-0.3, -0.25) is 4.79 Å². The van der Waals surface area contributed by atoms with Crippen LogP contribution in [0.2, 0.25) is 0 Å². The van der Waals surface area contributed by atoms with E-state index in [1.807, 2.05) is 18.7 Å². The molecule has 2 atom stereocenters. The first-order valence-electron chi connectivity index (χ1n) is 7.41. The van der Waals surface area contributed by atoms with Crippen LogP contribution in [0.1, 0.15) is 53.4 Å². The Morgan fingerprint density at radius 1 is 1.42 bits per heavy atom. The third-order valence-electron chi connectivity index (χ3n) is 3.47. The number of hydrogen-bond acceptors (Lipinski definition) is 4. The number of hydrogen-bond donors (Lipinski definition) is 1. The lowest BCUT2D eigenvalue weighted by Crippen LogP contribution is -2.50. The number of carbonyl (C=O) groups excluding carboxylic acids is 1. The van der Waals surface area contributed by atoms with E-state index >= 15 is 0 Å². The molecule has 0 spiro atoms. The molecule has 0 radical (unpaired) electrons. The van der Waals surface area contributed by atoms with Gasteiger partial charge in [-0.05, 0) is 50.2 Å². The number of esters is 1. The first-order chi connectivity index (χ1) is 9.00. The summed E-state index contributed by atoms with van der Waals surface area (Å²) in [7, 11) is 1.46. The molecule has 0 fully saturated rings. The van der Waals surface area contributed by atoms with Gasteiger partial charge in [0.25, 0.3) is 0 Å². The van der Waals surface area contributed by atoms with Gasteiger partial charge in [0, 0.05) is 0 Å². The van der Waals surface area contributed by atoms with Crippen LogP contribution in [0, 0.1) is 5.92 Å². The highest BCUT2D eigenvalue weighted by Gasteiger charge is 2.32. The lowest BCUT2D eigenvalue weighted by atomic mass is 9.96. The molecular formula is C15H31NO2S. The quantitative estimate of drug-likeness (QED) is 0.467. The molecule has 1 N–H and O–H groups in total. The topological polar surface area (TPSA) is 38.3 Å². The molecule has 19 heavy (non-hydrogen) atoms. The zero-order valence-electron chi connectivity index (χ0n) is 13.3. The Morgan fingerprint density at radius 3 is 2.63 bits per heavy atom. The third-order valence-corrected chi connectivity index (χ3v) is 4.85. The molecule has 0 bridgehead atoms. The van der Waals surface area contributed by atoms with Gasteiger partial charge in [-0.15, -0.1) is 0 Å². The minimum absolute atomic E-state index is 0.145. The van der Waals surface area contributed by atoms with Gasteiger partial charge >= 0.3 is 5.97 Å². The number of nitrogens with one attached hydrogen (secondary N) is 1. The molecule has 0 aromatic rings. The SMILES string of the molecule is CCCNC(C)(CCCSCC(C)CC)C(=O)OC. The van der Waals surface area contributed by atoms with Crippen molar-refractivity contribution in [2.75, 3.05) is 25.2 Å². The molecule has 0 aliphatic carbocycles. The second kappa shape index (κ2) is 10.6. The summed E-state index contributed by atoms with van der Waals surface area (Å²) in [6, 6.07) is 0. The second-order valence-corrected chi connectivity index (χ2v) is 6.59. The summed E-state index contributed by atoms with van der Waals surface area (Å²) in [5, 5.41) is 3.32. The Morgan fingerprint density at radius 2 is 2.11 bits per heavy atom. The molecule has 0 aromatic heterocycles. The van der Waals surface area contributed by atoms with Crippen LogP contribution in [0.3, 0.4) is 0 Å². The molecule has 0 saturated carbocycles. The van der Waals surface area contributed by atoms with Gasteiger partial charge in [0.1, 0.15) is 5.54 Å². The van der Waals surface area contributed by atoms with E-state index in [-0.39, 0.29) is 5.97 Å². The van der Waals surface area contributed by atoms with Crippen molar-refractivity contribution in [1.82, 2.24) is 5.32 Å². The molecule has 0 aliphatic heterocycles. The summed E-state index contributed by atoms with van der Waals surface area (Å²) in [4.78, 5) is 11.9. The van der Waals surface area contributed by atoms with Crippen LogP contribution in [-0.4, -0.2) is 36.7 Å². The van der Waals surface area contributed by atoms with Crippen LogP contribution in [0.5, 0.6) is 0 Å².